The largest absolute Gasteiger partial charge is 0.331 e. The molecular weight excluding hydrogens is 691 g/mol. The fourth-order valence-electron chi connectivity index (χ4n) is 8.16. The van der Waals surface area contributed by atoms with Gasteiger partial charge in [-0.2, -0.15) is 0 Å². The first kappa shape index (κ1) is 31.8. The van der Waals surface area contributed by atoms with E-state index in [1.807, 2.05) is 48.5 Å². The Labute approximate surface area is 318 Å². The summed E-state index contributed by atoms with van der Waals surface area (Å²) in [6, 6.07) is 46.1. The summed E-state index contributed by atoms with van der Waals surface area (Å²) in [5.41, 5.74) is 12.3. The fourth-order valence-corrected chi connectivity index (χ4v) is 8.42. The third-order valence-electron chi connectivity index (χ3n) is 10.6. The molecule has 0 spiro atoms. The second-order valence-corrected chi connectivity index (χ2v) is 14.5. The van der Waals surface area contributed by atoms with Crippen molar-refractivity contribution in [3.63, 3.8) is 0 Å². The third-order valence-corrected chi connectivity index (χ3v) is 11.1. The monoisotopic (exact) mass is 722 g/mol. The number of hydrogen-bond acceptors (Lipinski definition) is 3. The van der Waals surface area contributed by atoms with Crippen molar-refractivity contribution >= 4 is 57.3 Å². The van der Waals surface area contributed by atoms with Gasteiger partial charge in [-0.25, -0.2) is 9.97 Å². The zero-order valence-electron chi connectivity index (χ0n) is 28.5. The smallest absolute Gasteiger partial charge is 0.160 e. The summed E-state index contributed by atoms with van der Waals surface area (Å²) in [7, 11) is 0. The van der Waals surface area contributed by atoms with E-state index >= 15 is 0 Å². The molecule has 2 aromatic heterocycles. The number of rotatable bonds is 5. The van der Waals surface area contributed by atoms with E-state index in [1.165, 1.54) is 39.1 Å². The molecule has 3 aliphatic rings. The zero-order chi connectivity index (χ0) is 35.5. The lowest BCUT2D eigenvalue weighted by atomic mass is 9.86. The lowest BCUT2D eigenvalue weighted by molar-refractivity contribution is 0.639. The molecule has 10 rings (SSSR count). The van der Waals surface area contributed by atoms with Crippen molar-refractivity contribution in [3.8, 4) is 22.6 Å². The van der Waals surface area contributed by atoms with Crippen molar-refractivity contribution in [1.82, 2.24) is 14.5 Å². The molecule has 0 amide bonds. The maximum Gasteiger partial charge on any atom is 0.160 e. The summed E-state index contributed by atoms with van der Waals surface area (Å²) < 4.78 is 2.48. The van der Waals surface area contributed by atoms with Crippen molar-refractivity contribution in [2.75, 3.05) is 4.90 Å². The van der Waals surface area contributed by atoms with Gasteiger partial charge < -0.3 is 9.47 Å². The van der Waals surface area contributed by atoms with Gasteiger partial charge in [0.05, 0.1) is 28.6 Å². The number of halogens is 2. The molecule has 0 fully saturated rings. The highest BCUT2D eigenvalue weighted by Gasteiger charge is 2.44. The predicted octanol–water partition coefficient (Wildman–Crippen LogP) is 12.8. The molecule has 0 bridgehead atoms. The summed E-state index contributed by atoms with van der Waals surface area (Å²) in [4.78, 5) is 12.7. The predicted molar refractivity (Wildman–Crippen MR) is 220 cm³/mol. The molecule has 0 saturated carbocycles. The van der Waals surface area contributed by atoms with Gasteiger partial charge in [0.1, 0.15) is 0 Å². The highest BCUT2D eigenvalue weighted by molar-refractivity contribution is 6.31. The minimum Gasteiger partial charge on any atom is -0.331 e. The molecule has 3 heterocycles. The molecule has 3 atom stereocenters. The highest BCUT2D eigenvalue weighted by atomic mass is 35.5. The van der Waals surface area contributed by atoms with Crippen LogP contribution in [0.4, 0.5) is 11.4 Å². The molecule has 7 aromatic rings. The van der Waals surface area contributed by atoms with Gasteiger partial charge >= 0.3 is 0 Å². The summed E-state index contributed by atoms with van der Waals surface area (Å²) in [6.07, 6.45) is 15.9. The Balaban J connectivity index is 1.10. The zero-order valence-corrected chi connectivity index (χ0v) is 30.0. The molecule has 0 N–H and O–H groups in total. The van der Waals surface area contributed by atoms with Gasteiger partial charge in [0.2, 0.25) is 0 Å². The van der Waals surface area contributed by atoms with Gasteiger partial charge in [0, 0.05) is 61.0 Å². The van der Waals surface area contributed by atoms with Gasteiger partial charge in [-0.05, 0) is 84.4 Å². The van der Waals surface area contributed by atoms with E-state index in [2.05, 4.69) is 137 Å². The van der Waals surface area contributed by atoms with E-state index in [4.69, 9.17) is 33.2 Å². The molecular formula is C47H32Cl2N4. The average molecular weight is 724 g/mol. The van der Waals surface area contributed by atoms with Gasteiger partial charge in [-0.1, -0.05) is 120 Å². The van der Waals surface area contributed by atoms with Crippen LogP contribution in [0.25, 0.3) is 45.3 Å². The standard InChI is InChI=1S/C47H32Cl2N4/c48-33-22-17-31(18-23-33)42-29-41(50-47(51-42)32-19-24-34(49)25-20-32)30-9-8-12-36(26-21-30)53-44-16-7-5-14-38(44)40-28-27-39-37-13-4-6-15-43(37)52(45(39)46(40)53)35-10-2-1-3-11-35/h1-30,39,45H. The van der Waals surface area contributed by atoms with Crippen molar-refractivity contribution in [2.24, 2.45) is 0 Å². The van der Waals surface area contributed by atoms with Crippen molar-refractivity contribution in [3.05, 3.63) is 202 Å². The number of anilines is 2. The number of para-hydroxylation sites is 3. The number of fused-ring (bicyclic) bond motifs is 7. The number of nitrogens with zero attached hydrogens (tertiary/aromatic N) is 4. The van der Waals surface area contributed by atoms with E-state index in [1.54, 1.807) is 0 Å². The van der Waals surface area contributed by atoms with Crippen LogP contribution in [0.3, 0.4) is 0 Å². The third kappa shape index (κ3) is 5.45. The van der Waals surface area contributed by atoms with Crippen LogP contribution in [0.1, 0.15) is 40.4 Å². The van der Waals surface area contributed by atoms with Gasteiger partial charge in [0.15, 0.2) is 5.82 Å². The lowest BCUT2D eigenvalue weighted by Gasteiger charge is -2.33. The normalized spacial score (nSPS) is 18.4. The summed E-state index contributed by atoms with van der Waals surface area (Å²) in [6.45, 7) is 0. The molecule has 3 unspecified atom stereocenters. The van der Waals surface area contributed by atoms with E-state index in [0.717, 1.165) is 28.2 Å². The Morgan fingerprint density at radius 1 is 0.623 bits per heavy atom. The summed E-state index contributed by atoms with van der Waals surface area (Å²) >= 11 is 12.5. The van der Waals surface area contributed by atoms with Crippen LogP contribution in [0.5, 0.6) is 0 Å². The van der Waals surface area contributed by atoms with Crippen molar-refractivity contribution in [1.29, 1.82) is 0 Å². The quantitative estimate of drug-likeness (QED) is 0.177. The van der Waals surface area contributed by atoms with Crippen LogP contribution >= 0.6 is 23.2 Å². The topological polar surface area (TPSA) is 34.0 Å². The van der Waals surface area contributed by atoms with Crippen molar-refractivity contribution < 1.29 is 0 Å². The van der Waals surface area contributed by atoms with Crippen LogP contribution in [0, 0.1) is 0 Å². The minimum atomic E-state index is -0.0919. The van der Waals surface area contributed by atoms with E-state index in [9.17, 15) is 0 Å². The molecule has 2 aliphatic carbocycles. The maximum absolute atomic E-state index is 6.26. The SMILES string of the molecule is Clc1ccc(-c2cc(C3C=CC=C(n4c5c(c6ccccc64)C=CC4c6ccccc6N(c6ccccc6)C54)C=C3)nc(-c3ccc(Cl)cc3)n2)cc1. The molecule has 6 heteroatoms. The average Bonchev–Trinajstić information content (AvgIpc) is 3.60. The van der Waals surface area contributed by atoms with Crippen LogP contribution in [0.2, 0.25) is 10.0 Å². The molecule has 4 nitrogen and oxygen atoms in total. The first-order valence-electron chi connectivity index (χ1n) is 17.8. The Morgan fingerprint density at radius 2 is 1.34 bits per heavy atom. The Hall–Kier alpha value is -5.94. The number of hydrogen-bond donors (Lipinski definition) is 0. The first-order chi connectivity index (χ1) is 26.1. The second-order valence-electron chi connectivity index (χ2n) is 13.6. The Kier molecular flexibility index (Phi) is 7.75. The van der Waals surface area contributed by atoms with Crippen LogP contribution in [-0.4, -0.2) is 14.5 Å². The number of allylic oxidation sites excluding steroid dienone is 6. The van der Waals surface area contributed by atoms with E-state index in [-0.39, 0.29) is 17.9 Å². The van der Waals surface area contributed by atoms with Crippen LogP contribution in [-0.2, 0) is 0 Å². The summed E-state index contributed by atoms with van der Waals surface area (Å²) in [5.74, 6) is 0.762. The highest BCUT2D eigenvalue weighted by Crippen LogP contribution is 2.57. The molecule has 254 valence electrons. The van der Waals surface area contributed by atoms with Crippen LogP contribution < -0.4 is 4.90 Å². The molecule has 0 radical (unpaired) electrons. The Morgan fingerprint density at radius 3 is 2.15 bits per heavy atom. The first-order valence-corrected chi connectivity index (χ1v) is 18.6. The summed E-state index contributed by atoms with van der Waals surface area (Å²) in [5, 5.41) is 2.60. The van der Waals surface area contributed by atoms with Gasteiger partial charge in [-0.15, -0.1) is 0 Å². The van der Waals surface area contributed by atoms with Crippen LogP contribution in [0.15, 0.2) is 170 Å². The number of benzene rings is 5. The second kappa shape index (κ2) is 12.9. The minimum absolute atomic E-state index is 0.0743. The number of aromatic nitrogens is 3. The van der Waals surface area contributed by atoms with Gasteiger partial charge in [-0.3, -0.25) is 0 Å². The molecule has 5 aromatic carbocycles. The lowest BCUT2D eigenvalue weighted by Crippen LogP contribution is -2.26. The van der Waals surface area contributed by atoms with E-state index in [0.29, 0.717) is 15.9 Å². The van der Waals surface area contributed by atoms with Gasteiger partial charge in [0.25, 0.3) is 0 Å². The molecule has 0 saturated heterocycles. The Bertz CT molecular complexity index is 2590. The fraction of sp³-hybridized carbons (Fsp3) is 0.0638. The van der Waals surface area contributed by atoms with E-state index < -0.39 is 0 Å². The maximum atomic E-state index is 6.26. The van der Waals surface area contributed by atoms with Crippen molar-refractivity contribution in [2.45, 2.75) is 17.9 Å². The molecule has 53 heavy (non-hydrogen) atoms. The molecule has 1 aliphatic heterocycles.